The van der Waals surface area contributed by atoms with Crippen molar-refractivity contribution in [2.45, 2.75) is 40.5 Å². The molecule has 198 valence electrons. The lowest BCUT2D eigenvalue weighted by atomic mass is 9.99. The molecule has 1 saturated heterocycles. The van der Waals surface area contributed by atoms with Gasteiger partial charge in [0.15, 0.2) is 5.82 Å². The Hall–Kier alpha value is -4.11. The predicted octanol–water partition coefficient (Wildman–Crippen LogP) is 5.34. The van der Waals surface area contributed by atoms with E-state index in [2.05, 4.69) is 32.3 Å². The molecule has 9 nitrogen and oxygen atoms in total. The first kappa shape index (κ1) is 30.9. The van der Waals surface area contributed by atoms with Crippen LogP contribution in [-0.4, -0.2) is 46.9 Å². The van der Waals surface area contributed by atoms with Crippen molar-refractivity contribution in [1.29, 1.82) is 10.8 Å². The maximum atomic E-state index is 12.4. The van der Waals surface area contributed by atoms with Crippen LogP contribution < -0.4 is 16.4 Å². The van der Waals surface area contributed by atoms with Gasteiger partial charge in [-0.15, -0.1) is 0 Å². The number of imidazole rings is 1. The maximum absolute atomic E-state index is 12.4. The third kappa shape index (κ3) is 9.12. The van der Waals surface area contributed by atoms with E-state index in [1.807, 2.05) is 64.1 Å². The Bertz CT molecular complexity index is 1120. The fourth-order valence-electron chi connectivity index (χ4n) is 3.55. The average molecular weight is 505 g/mol. The Balaban J connectivity index is 0.00000106. The van der Waals surface area contributed by atoms with E-state index < -0.39 is 0 Å². The summed E-state index contributed by atoms with van der Waals surface area (Å²) in [6, 6.07) is 13.2. The van der Waals surface area contributed by atoms with Crippen LogP contribution in [0.3, 0.4) is 0 Å². The highest BCUT2D eigenvalue weighted by molar-refractivity contribution is 5.93. The minimum Gasteiger partial charge on any atom is -0.397 e. The van der Waals surface area contributed by atoms with E-state index in [1.165, 1.54) is 6.08 Å². The molecule has 4 rings (SSSR count). The van der Waals surface area contributed by atoms with Gasteiger partial charge in [0.2, 0.25) is 5.91 Å². The number of allylic oxidation sites excluding steroid dienone is 1. The van der Waals surface area contributed by atoms with Crippen molar-refractivity contribution in [1.82, 2.24) is 20.3 Å². The number of amides is 1. The van der Waals surface area contributed by atoms with E-state index >= 15 is 0 Å². The summed E-state index contributed by atoms with van der Waals surface area (Å²) >= 11 is 0. The zero-order valence-electron chi connectivity index (χ0n) is 22.3. The van der Waals surface area contributed by atoms with Crippen LogP contribution in [-0.2, 0) is 4.79 Å². The molecular weight excluding hydrogens is 464 g/mol. The number of piperidine rings is 1. The van der Waals surface area contributed by atoms with Crippen LogP contribution in [0, 0.1) is 16.7 Å². The smallest absolute Gasteiger partial charge is 0.228 e. The number of nitrogens with two attached hydrogens (primary N) is 1. The summed E-state index contributed by atoms with van der Waals surface area (Å²) in [5.74, 6) is 0.711. The van der Waals surface area contributed by atoms with Crippen molar-refractivity contribution in [3.63, 3.8) is 0 Å². The third-order valence-corrected chi connectivity index (χ3v) is 5.26. The normalized spacial score (nSPS) is 14.4. The Morgan fingerprint density at radius 2 is 1.84 bits per heavy atom. The molecule has 1 aromatic carbocycles. The minimum absolute atomic E-state index is 0.0229. The number of hydrogen-bond donors (Lipinski definition) is 6. The molecule has 0 saturated carbocycles. The van der Waals surface area contributed by atoms with Crippen LogP contribution >= 0.6 is 0 Å². The first-order chi connectivity index (χ1) is 18.1. The molecule has 37 heavy (non-hydrogen) atoms. The number of aromatic amines is 1. The molecule has 1 unspecified atom stereocenters. The molecule has 1 aliphatic heterocycles. The molecule has 3 aromatic rings. The average Bonchev–Trinajstić information content (AvgIpc) is 3.48. The standard InChI is InChI=1S/C23H25N7O.2C2H6.CH3N/c24-11-10-18(25)19-4-1-5-20(29-19)22-27-14-21(30-22)15-6-8-17(9-7-15)28-23(31)16-3-2-12-26-13-16;3*1-2/h1,4-11,14,16,24,26H,2-3,12-13,25H2,(H,27,30)(H,28,31);2*1-2H3;2H,1H2/b18-10-,24-11?;;;. The largest absolute Gasteiger partial charge is 0.397 e. The number of carbonyl (C=O) groups excluding carboxylic acids is 1. The number of hydrogen-bond acceptors (Lipinski definition) is 7. The summed E-state index contributed by atoms with van der Waals surface area (Å²) in [4.78, 5) is 24.6. The fraction of sp³-hybridized carbons (Fsp3) is 0.321. The van der Waals surface area contributed by atoms with Gasteiger partial charge in [-0.05, 0) is 62.0 Å². The SMILES string of the molecule is C=N.CC.CC.N=C/C=C(\N)c1cccc(-c2ncc(-c3ccc(NC(=O)C4CCCNC4)cc3)[nH]2)n1. The summed E-state index contributed by atoms with van der Waals surface area (Å²) < 4.78 is 0. The van der Waals surface area contributed by atoms with Gasteiger partial charge < -0.3 is 32.2 Å². The van der Waals surface area contributed by atoms with Gasteiger partial charge in [0.05, 0.1) is 29.2 Å². The summed E-state index contributed by atoms with van der Waals surface area (Å²) in [6.07, 6.45) is 6.33. The highest BCUT2D eigenvalue weighted by atomic mass is 16.1. The third-order valence-electron chi connectivity index (χ3n) is 5.26. The summed E-state index contributed by atoms with van der Waals surface area (Å²) in [5, 5.41) is 18.9. The summed E-state index contributed by atoms with van der Waals surface area (Å²) in [6.45, 7) is 12.2. The zero-order valence-corrected chi connectivity index (χ0v) is 22.3. The summed E-state index contributed by atoms with van der Waals surface area (Å²) in [7, 11) is 0. The topological polar surface area (TPSA) is 156 Å². The van der Waals surface area contributed by atoms with Crippen molar-refractivity contribution in [2.24, 2.45) is 11.7 Å². The van der Waals surface area contributed by atoms with Crippen molar-refractivity contribution in [3.05, 3.63) is 60.4 Å². The van der Waals surface area contributed by atoms with Gasteiger partial charge in [-0.2, -0.15) is 0 Å². The lowest BCUT2D eigenvalue weighted by Crippen LogP contribution is -2.37. The maximum Gasteiger partial charge on any atom is 0.228 e. The number of aromatic nitrogens is 3. The number of nitrogens with zero attached hydrogens (tertiary/aromatic N) is 2. The fourth-order valence-corrected chi connectivity index (χ4v) is 3.55. The quantitative estimate of drug-likeness (QED) is 0.250. The molecular formula is C28H40N8O. The van der Waals surface area contributed by atoms with Gasteiger partial charge in [0.1, 0.15) is 5.69 Å². The van der Waals surface area contributed by atoms with Crippen molar-refractivity contribution < 1.29 is 4.79 Å². The van der Waals surface area contributed by atoms with E-state index in [-0.39, 0.29) is 11.8 Å². The van der Waals surface area contributed by atoms with Crippen LogP contribution in [0.1, 0.15) is 46.2 Å². The second kappa shape index (κ2) is 17.3. The number of carbonyl (C=O) groups is 1. The van der Waals surface area contributed by atoms with Crippen LogP contribution in [0.5, 0.6) is 0 Å². The van der Waals surface area contributed by atoms with Gasteiger partial charge in [-0.25, -0.2) is 9.97 Å². The van der Waals surface area contributed by atoms with Gasteiger partial charge in [-0.1, -0.05) is 45.9 Å². The second-order valence-electron chi connectivity index (χ2n) is 7.45. The number of pyridine rings is 1. The molecule has 0 aliphatic carbocycles. The van der Waals surface area contributed by atoms with E-state index in [0.29, 0.717) is 22.9 Å². The van der Waals surface area contributed by atoms with Crippen molar-refractivity contribution in [3.8, 4) is 22.8 Å². The van der Waals surface area contributed by atoms with E-state index in [4.69, 9.17) is 16.6 Å². The van der Waals surface area contributed by atoms with Gasteiger partial charge >= 0.3 is 0 Å². The van der Waals surface area contributed by atoms with Gasteiger partial charge in [0.25, 0.3) is 0 Å². The number of benzene rings is 1. The minimum atomic E-state index is 0.0229. The Labute approximate surface area is 220 Å². The van der Waals surface area contributed by atoms with E-state index in [9.17, 15) is 4.79 Å². The number of nitrogens with one attached hydrogen (secondary N) is 5. The Morgan fingerprint density at radius 1 is 1.14 bits per heavy atom. The molecule has 1 fully saturated rings. The van der Waals surface area contributed by atoms with Gasteiger partial charge in [-0.3, -0.25) is 4.79 Å². The molecule has 1 atom stereocenters. The highest BCUT2D eigenvalue weighted by Gasteiger charge is 2.20. The number of rotatable bonds is 6. The highest BCUT2D eigenvalue weighted by Crippen LogP contribution is 2.24. The lowest BCUT2D eigenvalue weighted by molar-refractivity contribution is -0.120. The van der Waals surface area contributed by atoms with E-state index in [1.54, 1.807) is 12.3 Å². The first-order valence-corrected chi connectivity index (χ1v) is 12.6. The predicted molar refractivity (Wildman–Crippen MR) is 155 cm³/mol. The van der Waals surface area contributed by atoms with Crippen molar-refractivity contribution in [2.75, 3.05) is 18.4 Å². The Morgan fingerprint density at radius 3 is 2.46 bits per heavy atom. The number of H-pyrrole nitrogens is 1. The molecule has 7 N–H and O–H groups in total. The lowest BCUT2D eigenvalue weighted by Gasteiger charge is -2.21. The monoisotopic (exact) mass is 504 g/mol. The second-order valence-corrected chi connectivity index (χ2v) is 7.45. The number of anilines is 1. The molecule has 3 heterocycles. The Kier molecular flexibility index (Phi) is 14.5. The molecule has 1 amide bonds. The molecule has 9 heteroatoms. The van der Waals surface area contributed by atoms with Crippen LogP contribution in [0.4, 0.5) is 5.69 Å². The van der Waals surface area contributed by atoms with Crippen LogP contribution in [0.25, 0.3) is 28.5 Å². The van der Waals surface area contributed by atoms with E-state index in [0.717, 1.165) is 49.1 Å². The zero-order chi connectivity index (χ0) is 27.6. The molecule has 1 aliphatic rings. The summed E-state index contributed by atoms with van der Waals surface area (Å²) in [5.41, 5.74) is 10.2. The molecule has 0 bridgehead atoms. The molecule has 0 spiro atoms. The first-order valence-electron chi connectivity index (χ1n) is 12.6. The van der Waals surface area contributed by atoms with Crippen molar-refractivity contribution >= 4 is 30.2 Å². The van der Waals surface area contributed by atoms with Gasteiger partial charge in [0, 0.05) is 18.4 Å². The van der Waals surface area contributed by atoms with Crippen LogP contribution in [0.15, 0.2) is 54.7 Å². The van der Waals surface area contributed by atoms with Crippen LogP contribution in [0.2, 0.25) is 0 Å². The molecule has 0 radical (unpaired) electrons. The molecule has 2 aromatic heterocycles.